The number of methoxy groups -OCH3 is 2. The highest BCUT2D eigenvalue weighted by molar-refractivity contribution is 5.72. The monoisotopic (exact) mass is 324 g/mol. The van der Waals surface area contributed by atoms with E-state index in [0.717, 1.165) is 40.6 Å². The molecule has 2 aromatic heterocycles. The van der Waals surface area contributed by atoms with Crippen molar-refractivity contribution in [1.29, 1.82) is 0 Å². The van der Waals surface area contributed by atoms with Gasteiger partial charge in [-0.15, -0.1) is 0 Å². The van der Waals surface area contributed by atoms with E-state index in [-0.39, 0.29) is 0 Å². The summed E-state index contributed by atoms with van der Waals surface area (Å²) >= 11 is 0. The molecular formula is C18H20N4O2. The Hall–Kier alpha value is -2.86. The van der Waals surface area contributed by atoms with E-state index >= 15 is 0 Å². The van der Waals surface area contributed by atoms with Crippen LogP contribution in [0.15, 0.2) is 48.7 Å². The summed E-state index contributed by atoms with van der Waals surface area (Å²) in [6, 6.07) is 13.8. The molecule has 3 rings (SSSR count). The molecule has 24 heavy (non-hydrogen) atoms. The van der Waals surface area contributed by atoms with Gasteiger partial charge in [0, 0.05) is 31.0 Å². The second-order valence-corrected chi connectivity index (χ2v) is 5.22. The van der Waals surface area contributed by atoms with Gasteiger partial charge in [-0.1, -0.05) is 12.1 Å². The summed E-state index contributed by atoms with van der Waals surface area (Å²) in [5, 5.41) is 10.6. The van der Waals surface area contributed by atoms with E-state index in [1.807, 2.05) is 42.5 Å². The van der Waals surface area contributed by atoms with Gasteiger partial charge in [0.15, 0.2) is 0 Å². The van der Waals surface area contributed by atoms with Crippen molar-refractivity contribution in [2.45, 2.75) is 0 Å². The van der Waals surface area contributed by atoms with E-state index < -0.39 is 0 Å². The van der Waals surface area contributed by atoms with Gasteiger partial charge >= 0.3 is 0 Å². The second kappa shape index (κ2) is 7.61. The molecule has 0 saturated carbocycles. The Morgan fingerprint density at radius 2 is 2.00 bits per heavy atom. The largest absolute Gasteiger partial charge is 0.496 e. The molecule has 0 aliphatic rings. The molecule has 2 N–H and O–H groups in total. The average molecular weight is 324 g/mol. The van der Waals surface area contributed by atoms with Crippen molar-refractivity contribution in [2.24, 2.45) is 0 Å². The Morgan fingerprint density at radius 3 is 2.75 bits per heavy atom. The summed E-state index contributed by atoms with van der Waals surface area (Å²) in [6.07, 6.45) is 1.80. The molecule has 0 saturated heterocycles. The van der Waals surface area contributed by atoms with Crippen LogP contribution in [-0.2, 0) is 4.74 Å². The minimum absolute atomic E-state index is 0.644. The standard InChI is InChI=1S/C18H20N4O2/c1-23-10-9-19-18-8-7-13(12-20-18)15-11-16(22-21-15)14-5-3-4-6-17(14)24-2/h3-8,11-12H,9-10H2,1-2H3,(H,19,20)(H,21,22). The molecule has 0 bridgehead atoms. The molecule has 124 valence electrons. The quantitative estimate of drug-likeness (QED) is 0.653. The van der Waals surface area contributed by atoms with E-state index in [1.54, 1.807) is 20.4 Å². The van der Waals surface area contributed by atoms with Crippen molar-refractivity contribution in [1.82, 2.24) is 15.2 Å². The fraction of sp³-hybridized carbons (Fsp3) is 0.222. The van der Waals surface area contributed by atoms with Gasteiger partial charge in [0.1, 0.15) is 11.6 Å². The molecule has 2 heterocycles. The lowest BCUT2D eigenvalue weighted by Gasteiger charge is -2.05. The number of nitrogens with zero attached hydrogens (tertiary/aromatic N) is 2. The van der Waals surface area contributed by atoms with Crippen molar-refractivity contribution in [3.8, 4) is 28.3 Å². The summed E-state index contributed by atoms with van der Waals surface area (Å²) in [4.78, 5) is 4.40. The molecule has 0 aliphatic heterocycles. The van der Waals surface area contributed by atoms with Gasteiger partial charge in [0.25, 0.3) is 0 Å². The first-order chi connectivity index (χ1) is 11.8. The summed E-state index contributed by atoms with van der Waals surface area (Å²) in [5.74, 6) is 1.62. The lowest BCUT2D eigenvalue weighted by Crippen LogP contribution is -2.08. The van der Waals surface area contributed by atoms with E-state index in [4.69, 9.17) is 9.47 Å². The maximum absolute atomic E-state index is 5.40. The number of ether oxygens (including phenoxy) is 2. The SMILES string of the molecule is COCCNc1ccc(-c2cc(-c3ccccc3OC)[nH]n2)cn1. The number of rotatable bonds is 7. The van der Waals surface area contributed by atoms with Crippen LogP contribution in [0.4, 0.5) is 5.82 Å². The second-order valence-electron chi connectivity index (χ2n) is 5.22. The average Bonchev–Trinajstić information content (AvgIpc) is 3.12. The van der Waals surface area contributed by atoms with Gasteiger partial charge < -0.3 is 14.8 Å². The van der Waals surface area contributed by atoms with Crippen molar-refractivity contribution in [3.63, 3.8) is 0 Å². The topological polar surface area (TPSA) is 72.1 Å². The molecule has 0 unspecified atom stereocenters. The van der Waals surface area contributed by atoms with Crippen molar-refractivity contribution in [3.05, 3.63) is 48.7 Å². The smallest absolute Gasteiger partial charge is 0.128 e. The zero-order valence-corrected chi connectivity index (χ0v) is 13.7. The molecule has 0 spiro atoms. The summed E-state index contributed by atoms with van der Waals surface area (Å²) < 4.78 is 10.4. The first kappa shape index (κ1) is 16.0. The van der Waals surface area contributed by atoms with Crippen LogP contribution in [0.2, 0.25) is 0 Å². The zero-order chi connectivity index (χ0) is 16.8. The number of benzene rings is 1. The number of hydrogen-bond donors (Lipinski definition) is 2. The maximum Gasteiger partial charge on any atom is 0.128 e. The van der Waals surface area contributed by atoms with Gasteiger partial charge in [-0.3, -0.25) is 5.10 Å². The van der Waals surface area contributed by atoms with Crippen LogP contribution in [-0.4, -0.2) is 42.6 Å². The molecule has 3 aromatic rings. The Labute approximate surface area is 140 Å². The summed E-state index contributed by atoms with van der Waals surface area (Å²) in [7, 11) is 3.34. The normalized spacial score (nSPS) is 10.6. The van der Waals surface area contributed by atoms with Crippen molar-refractivity contribution < 1.29 is 9.47 Å². The number of para-hydroxylation sites is 1. The lowest BCUT2D eigenvalue weighted by molar-refractivity contribution is 0.210. The molecule has 1 aromatic carbocycles. The van der Waals surface area contributed by atoms with Crippen LogP contribution < -0.4 is 10.1 Å². The Bertz CT molecular complexity index is 784. The van der Waals surface area contributed by atoms with Gasteiger partial charge in [-0.05, 0) is 30.3 Å². The highest BCUT2D eigenvalue weighted by atomic mass is 16.5. The lowest BCUT2D eigenvalue weighted by atomic mass is 10.1. The number of aromatic nitrogens is 3. The molecule has 0 radical (unpaired) electrons. The van der Waals surface area contributed by atoms with E-state index in [2.05, 4.69) is 20.5 Å². The van der Waals surface area contributed by atoms with Crippen LogP contribution in [0.3, 0.4) is 0 Å². The first-order valence-electron chi connectivity index (χ1n) is 7.70. The summed E-state index contributed by atoms with van der Waals surface area (Å²) in [5.41, 5.74) is 3.67. The van der Waals surface area contributed by atoms with Gasteiger partial charge in [-0.2, -0.15) is 5.10 Å². The predicted octanol–water partition coefficient (Wildman–Crippen LogP) is 3.21. The fourth-order valence-electron chi connectivity index (χ4n) is 2.41. The van der Waals surface area contributed by atoms with E-state index in [0.29, 0.717) is 6.61 Å². The third-order valence-corrected chi connectivity index (χ3v) is 3.65. The third kappa shape index (κ3) is 3.55. The Balaban J connectivity index is 1.78. The van der Waals surface area contributed by atoms with Crippen molar-refractivity contribution in [2.75, 3.05) is 32.7 Å². The number of pyridine rings is 1. The highest BCUT2D eigenvalue weighted by Gasteiger charge is 2.10. The van der Waals surface area contributed by atoms with Gasteiger partial charge in [0.2, 0.25) is 0 Å². The number of H-pyrrole nitrogens is 1. The third-order valence-electron chi connectivity index (χ3n) is 3.65. The molecular weight excluding hydrogens is 304 g/mol. The summed E-state index contributed by atoms with van der Waals surface area (Å²) in [6.45, 7) is 1.37. The maximum atomic E-state index is 5.40. The fourth-order valence-corrected chi connectivity index (χ4v) is 2.41. The number of anilines is 1. The van der Waals surface area contributed by atoms with Crippen molar-refractivity contribution >= 4 is 5.82 Å². The van der Waals surface area contributed by atoms with Crippen LogP contribution in [0, 0.1) is 0 Å². The van der Waals surface area contributed by atoms with E-state index in [9.17, 15) is 0 Å². The zero-order valence-electron chi connectivity index (χ0n) is 13.7. The predicted molar refractivity (Wildman–Crippen MR) is 94.2 cm³/mol. The molecule has 0 aliphatic carbocycles. The minimum atomic E-state index is 0.644. The van der Waals surface area contributed by atoms with Crippen LogP contribution in [0.25, 0.3) is 22.5 Å². The van der Waals surface area contributed by atoms with E-state index in [1.165, 1.54) is 0 Å². The molecule has 0 atom stereocenters. The Kier molecular flexibility index (Phi) is 5.08. The minimum Gasteiger partial charge on any atom is -0.496 e. The number of nitrogens with one attached hydrogen (secondary N) is 2. The van der Waals surface area contributed by atoms with Crippen LogP contribution in [0.5, 0.6) is 5.75 Å². The number of aromatic amines is 1. The Morgan fingerprint density at radius 1 is 1.12 bits per heavy atom. The number of hydrogen-bond acceptors (Lipinski definition) is 5. The van der Waals surface area contributed by atoms with Gasteiger partial charge in [0.05, 0.1) is 25.1 Å². The molecule has 6 nitrogen and oxygen atoms in total. The first-order valence-corrected chi connectivity index (χ1v) is 7.70. The van der Waals surface area contributed by atoms with Gasteiger partial charge in [-0.25, -0.2) is 4.98 Å². The van der Waals surface area contributed by atoms with Crippen LogP contribution >= 0.6 is 0 Å². The molecule has 0 amide bonds. The molecule has 0 fully saturated rings. The highest BCUT2D eigenvalue weighted by Crippen LogP contribution is 2.30. The molecule has 6 heteroatoms. The van der Waals surface area contributed by atoms with Crippen LogP contribution in [0.1, 0.15) is 0 Å².